The molecule has 0 amide bonds. The molecule has 0 atom stereocenters. The molecule has 1 aliphatic heterocycles. The van der Waals surface area contributed by atoms with Gasteiger partial charge in [-0.25, -0.2) is 4.98 Å². The zero-order chi connectivity index (χ0) is 12.4. The fourth-order valence-electron chi connectivity index (χ4n) is 1.86. The van der Waals surface area contributed by atoms with Crippen LogP contribution in [0.2, 0.25) is 0 Å². The van der Waals surface area contributed by atoms with Gasteiger partial charge in [0.25, 0.3) is 0 Å². The van der Waals surface area contributed by atoms with E-state index in [1.165, 1.54) is 0 Å². The predicted octanol–water partition coefficient (Wildman–Crippen LogP) is 2.00. The zero-order valence-electron chi connectivity index (χ0n) is 9.72. The summed E-state index contributed by atoms with van der Waals surface area (Å²) in [5.74, 6) is 2.33. The molecule has 0 aliphatic carbocycles. The van der Waals surface area contributed by atoms with Gasteiger partial charge in [0.2, 0.25) is 6.79 Å². The van der Waals surface area contributed by atoms with Crippen molar-refractivity contribution in [3.8, 4) is 11.5 Å². The van der Waals surface area contributed by atoms with Gasteiger partial charge >= 0.3 is 0 Å². The number of rotatable bonds is 3. The summed E-state index contributed by atoms with van der Waals surface area (Å²) in [6.45, 7) is 0.895. The van der Waals surface area contributed by atoms with Crippen molar-refractivity contribution in [1.29, 1.82) is 0 Å². The van der Waals surface area contributed by atoms with Gasteiger partial charge < -0.3 is 20.5 Å². The van der Waals surface area contributed by atoms with Crippen LogP contribution < -0.4 is 20.5 Å². The number of fused-ring (bicyclic) bond motifs is 1. The van der Waals surface area contributed by atoms with E-state index >= 15 is 0 Å². The molecule has 2 heterocycles. The lowest BCUT2D eigenvalue weighted by molar-refractivity contribution is 0.173. The van der Waals surface area contributed by atoms with Gasteiger partial charge in [-0.1, -0.05) is 12.1 Å². The highest BCUT2D eigenvalue weighted by molar-refractivity contribution is 5.52. The monoisotopic (exact) mass is 243 g/mol. The van der Waals surface area contributed by atoms with Crippen LogP contribution in [0, 0.1) is 0 Å². The number of nitrogens with two attached hydrogens (primary N) is 1. The Morgan fingerprint density at radius 1 is 1.28 bits per heavy atom. The van der Waals surface area contributed by atoms with Crippen molar-refractivity contribution in [2.45, 2.75) is 6.54 Å². The average Bonchev–Trinajstić information content (AvgIpc) is 2.85. The van der Waals surface area contributed by atoms with Gasteiger partial charge in [0, 0.05) is 30.1 Å². The van der Waals surface area contributed by atoms with Crippen molar-refractivity contribution < 1.29 is 9.47 Å². The first kappa shape index (κ1) is 10.7. The third-order valence-corrected chi connectivity index (χ3v) is 2.72. The van der Waals surface area contributed by atoms with E-state index < -0.39 is 0 Å². The van der Waals surface area contributed by atoms with E-state index in [2.05, 4.69) is 10.3 Å². The fraction of sp³-hybridized carbons (Fsp3) is 0.154. The Kier molecular flexibility index (Phi) is 2.64. The highest BCUT2D eigenvalue weighted by atomic mass is 16.7. The summed E-state index contributed by atoms with van der Waals surface area (Å²) < 4.78 is 10.8. The van der Waals surface area contributed by atoms with E-state index in [1.54, 1.807) is 18.3 Å². The van der Waals surface area contributed by atoms with Gasteiger partial charge in [0.1, 0.15) is 5.82 Å². The standard InChI is InChI=1S/C13H13N3O2/c14-10-4-5-15-12(6-10)16-7-9-2-1-3-11-13(9)18-8-17-11/h1-6H,7-8H2,(H3,14,15,16). The summed E-state index contributed by atoms with van der Waals surface area (Å²) in [7, 11) is 0. The molecule has 0 spiro atoms. The Balaban J connectivity index is 1.76. The quantitative estimate of drug-likeness (QED) is 0.863. The maximum atomic E-state index is 5.69. The lowest BCUT2D eigenvalue weighted by atomic mass is 10.2. The molecule has 0 saturated heterocycles. The zero-order valence-corrected chi connectivity index (χ0v) is 9.72. The maximum Gasteiger partial charge on any atom is 0.231 e. The molecule has 5 heteroatoms. The van der Waals surface area contributed by atoms with Gasteiger partial charge in [-0.2, -0.15) is 0 Å². The molecule has 1 aliphatic rings. The molecule has 2 aromatic rings. The number of nitrogens with zero attached hydrogens (tertiary/aromatic N) is 1. The molecular weight excluding hydrogens is 230 g/mol. The van der Waals surface area contributed by atoms with Gasteiger partial charge in [-0.3, -0.25) is 0 Å². The van der Waals surface area contributed by atoms with Crippen LogP contribution in [0.15, 0.2) is 36.5 Å². The summed E-state index contributed by atoms with van der Waals surface area (Å²) >= 11 is 0. The van der Waals surface area contributed by atoms with E-state index in [9.17, 15) is 0 Å². The molecule has 0 fully saturated rings. The Morgan fingerprint density at radius 2 is 2.22 bits per heavy atom. The molecule has 92 valence electrons. The molecule has 1 aromatic heterocycles. The van der Waals surface area contributed by atoms with Crippen molar-refractivity contribution in [2.24, 2.45) is 0 Å². The second kappa shape index (κ2) is 4.44. The number of para-hydroxylation sites is 1. The number of benzene rings is 1. The van der Waals surface area contributed by atoms with Gasteiger partial charge in [-0.15, -0.1) is 0 Å². The van der Waals surface area contributed by atoms with Gasteiger partial charge in [0.05, 0.1) is 0 Å². The molecule has 0 saturated carbocycles. The van der Waals surface area contributed by atoms with E-state index in [1.807, 2.05) is 18.2 Å². The Labute approximate surface area is 105 Å². The van der Waals surface area contributed by atoms with Crippen LogP contribution in [-0.2, 0) is 6.54 Å². The molecule has 3 N–H and O–H groups in total. The van der Waals surface area contributed by atoms with Crippen LogP contribution in [0.5, 0.6) is 11.5 Å². The van der Waals surface area contributed by atoms with Crippen LogP contribution in [0.3, 0.4) is 0 Å². The molecule has 0 bridgehead atoms. The van der Waals surface area contributed by atoms with E-state index in [4.69, 9.17) is 15.2 Å². The normalized spacial score (nSPS) is 12.4. The lowest BCUT2D eigenvalue weighted by Gasteiger charge is -2.08. The van der Waals surface area contributed by atoms with Crippen molar-refractivity contribution in [1.82, 2.24) is 4.98 Å². The number of ether oxygens (including phenoxy) is 2. The number of hydrogen-bond donors (Lipinski definition) is 2. The molecule has 5 nitrogen and oxygen atoms in total. The van der Waals surface area contributed by atoms with Gasteiger partial charge in [0.15, 0.2) is 11.5 Å². The summed E-state index contributed by atoms with van der Waals surface area (Å²) in [6, 6.07) is 9.37. The first-order chi connectivity index (χ1) is 8.83. The van der Waals surface area contributed by atoms with E-state index in [0.717, 1.165) is 22.9 Å². The molecule has 1 aromatic carbocycles. The number of nitrogens with one attached hydrogen (secondary N) is 1. The lowest BCUT2D eigenvalue weighted by Crippen LogP contribution is -2.03. The van der Waals surface area contributed by atoms with Crippen molar-refractivity contribution in [3.63, 3.8) is 0 Å². The number of anilines is 2. The largest absolute Gasteiger partial charge is 0.454 e. The minimum atomic E-state index is 0.281. The number of nitrogen functional groups attached to an aromatic ring is 1. The van der Waals surface area contributed by atoms with Crippen LogP contribution in [0.1, 0.15) is 5.56 Å². The predicted molar refractivity (Wildman–Crippen MR) is 68.5 cm³/mol. The van der Waals surface area contributed by atoms with E-state index in [0.29, 0.717) is 12.2 Å². The van der Waals surface area contributed by atoms with Crippen LogP contribution in [0.4, 0.5) is 11.5 Å². The third-order valence-electron chi connectivity index (χ3n) is 2.72. The highest BCUT2D eigenvalue weighted by Gasteiger charge is 2.16. The molecule has 0 radical (unpaired) electrons. The van der Waals surface area contributed by atoms with Crippen molar-refractivity contribution >= 4 is 11.5 Å². The molecule has 3 rings (SSSR count). The first-order valence-corrected chi connectivity index (χ1v) is 5.66. The van der Waals surface area contributed by atoms with Gasteiger partial charge in [-0.05, 0) is 12.1 Å². The van der Waals surface area contributed by atoms with Crippen molar-refractivity contribution in [2.75, 3.05) is 17.8 Å². The summed E-state index contributed by atoms with van der Waals surface area (Å²) in [6.07, 6.45) is 1.67. The number of pyridine rings is 1. The minimum Gasteiger partial charge on any atom is -0.454 e. The minimum absolute atomic E-state index is 0.281. The average molecular weight is 243 g/mol. The molecular formula is C13H13N3O2. The first-order valence-electron chi connectivity index (χ1n) is 5.66. The third kappa shape index (κ3) is 2.02. The summed E-state index contributed by atoms with van der Waals surface area (Å²) in [4.78, 5) is 4.19. The van der Waals surface area contributed by atoms with Crippen LogP contribution >= 0.6 is 0 Å². The van der Waals surface area contributed by atoms with Crippen LogP contribution in [-0.4, -0.2) is 11.8 Å². The molecule has 18 heavy (non-hydrogen) atoms. The Hall–Kier alpha value is -2.43. The summed E-state index contributed by atoms with van der Waals surface area (Å²) in [5, 5.41) is 3.20. The Bertz CT molecular complexity index is 572. The second-order valence-corrected chi connectivity index (χ2v) is 3.98. The second-order valence-electron chi connectivity index (χ2n) is 3.98. The SMILES string of the molecule is Nc1ccnc(NCc2cccc3c2OCO3)c1. The maximum absolute atomic E-state index is 5.69. The molecule has 0 unspecified atom stereocenters. The Morgan fingerprint density at radius 3 is 3.11 bits per heavy atom. The fourth-order valence-corrected chi connectivity index (χ4v) is 1.86. The highest BCUT2D eigenvalue weighted by Crippen LogP contribution is 2.35. The van der Waals surface area contributed by atoms with Crippen molar-refractivity contribution in [3.05, 3.63) is 42.1 Å². The number of hydrogen-bond acceptors (Lipinski definition) is 5. The number of aromatic nitrogens is 1. The summed E-state index contributed by atoms with van der Waals surface area (Å²) in [5.41, 5.74) is 7.41. The van der Waals surface area contributed by atoms with E-state index in [-0.39, 0.29) is 6.79 Å². The smallest absolute Gasteiger partial charge is 0.231 e. The van der Waals surface area contributed by atoms with Crippen LogP contribution in [0.25, 0.3) is 0 Å². The topological polar surface area (TPSA) is 69.4 Å².